The average Bonchev–Trinajstić information content (AvgIpc) is 3.62. The van der Waals surface area contributed by atoms with Gasteiger partial charge >= 0.3 is 23.9 Å². The van der Waals surface area contributed by atoms with E-state index in [9.17, 15) is 24.3 Å². The Morgan fingerprint density at radius 2 is 1.71 bits per heavy atom. The van der Waals surface area contributed by atoms with Gasteiger partial charge in [0.2, 0.25) is 0 Å². The van der Waals surface area contributed by atoms with E-state index in [0.717, 1.165) is 32.6 Å². The third kappa shape index (κ3) is 4.66. The van der Waals surface area contributed by atoms with Gasteiger partial charge in [-0.3, -0.25) is 19.2 Å². The Bertz CT molecular complexity index is 1510. The first-order chi connectivity index (χ1) is 22.6. The summed E-state index contributed by atoms with van der Waals surface area (Å²) in [4.78, 5) is 51.7. The molecule has 1 unspecified atom stereocenters. The maximum absolute atomic E-state index is 14.2. The summed E-state index contributed by atoms with van der Waals surface area (Å²) in [6.45, 7) is 14.8. The molecule has 1 N–H and O–H groups in total. The van der Waals surface area contributed by atoms with E-state index in [1.807, 2.05) is 19.1 Å². The van der Waals surface area contributed by atoms with Gasteiger partial charge in [0.1, 0.15) is 24.9 Å². The molecule has 3 bridgehead atoms. The zero-order valence-corrected chi connectivity index (χ0v) is 28.6. The molecule has 12 nitrogen and oxygen atoms in total. The summed E-state index contributed by atoms with van der Waals surface area (Å²) in [6, 6.07) is 0. The number of rotatable bonds is 11. The lowest BCUT2D eigenvalue weighted by atomic mass is 9.53. The fourth-order valence-electron chi connectivity index (χ4n) is 9.19. The van der Waals surface area contributed by atoms with Crippen LogP contribution in [-0.2, 0) is 52.3 Å². The summed E-state index contributed by atoms with van der Waals surface area (Å²) in [5.41, 5.74) is -6.42. The highest BCUT2D eigenvalue weighted by Crippen LogP contribution is 2.73. The maximum atomic E-state index is 14.2. The zero-order chi connectivity index (χ0) is 35.0. The fourth-order valence-corrected chi connectivity index (χ4v) is 9.19. The first kappa shape index (κ1) is 34.7. The van der Waals surface area contributed by atoms with Crippen LogP contribution in [0, 0.1) is 17.8 Å². The number of ether oxygens (including phenoxy) is 7. The van der Waals surface area contributed by atoms with Crippen molar-refractivity contribution in [1.29, 1.82) is 0 Å². The van der Waals surface area contributed by atoms with Gasteiger partial charge in [-0.25, -0.2) is 0 Å². The van der Waals surface area contributed by atoms with Crippen molar-refractivity contribution in [2.24, 2.45) is 17.8 Å². The minimum absolute atomic E-state index is 0.213. The van der Waals surface area contributed by atoms with Crippen LogP contribution in [0.15, 0.2) is 48.1 Å². The van der Waals surface area contributed by atoms with E-state index in [4.69, 9.17) is 33.2 Å². The first-order valence-corrected chi connectivity index (χ1v) is 16.8. The molecule has 3 heterocycles. The average molecular weight is 671 g/mol. The van der Waals surface area contributed by atoms with Crippen LogP contribution in [-0.4, -0.2) is 88.2 Å². The summed E-state index contributed by atoms with van der Waals surface area (Å²) in [6.07, 6.45) is 8.52. The molecule has 3 saturated heterocycles. The van der Waals surface area contributed by atoms with E-state index < -0.39 is 101 Å². The minimum atomic E-state index is -2.43. The molecular weight excluding hydrogens is 624 g/mol. The zero-order valence-electron chi connectivity index (χ0n) is 28.6. The van der Waals surface area contributed by atoms with Crippen LogP contribution in [0.4, 0.5) is 0 Å². The number of hydrogen-bond acceptors (Lipinski definition) is 12. The van der Waals surface area contributed by atoms with E-state index in [1.165, 1.54) is 13.8 Å². The summed E-state index contributed by atoms with van der Waals surface area (Å²) >= 11 is 0. The van der Waals surface area contributed by atoms with Gasteiger partial charge in [-0.15, -0.1) is 0 Å². The summed E-state index contributed by atoms with van der Waals surface area (Å²) < 4.78 is 44.4. The molecule has 12 atom stereocenters. The number of ketones is 1. The van der Waals surface area contributed by atoms with Crippen LogP contribution in [0.25, 0.3) is 0 Å². The Labute approximate surface area is 280 Å². The predicted octanol–water partition coefficient (Wildman–Crippen LogP) is 3.55. The second-order valence-corrected chi connectivity index (χ2v) is 14.1. The molecule has 48 heavy (non-hydrogen) atoms. The molecule has 0 radical (unpaired) electrons. The van der Waals surface area contributed by atoms with E-state index in [0.29, 0.717) is 5.57 Å². The van der Waals surface area contributed by atoms with Crippen molar-refractivity contribution in [3.05, 3.63) is 48.1 Å². The largest absolute Gasteiger partial charge is 0.463 e. The van der Waals surface area contributed by atoms with Crippen LogP contribution >= 0.6 is 0 Å². The third-order valence-electron chi connectivity index (χ3n) is 11.1. The molecule has 0 aromatic heterocycles. The van der Waals surface area contributed by atoms with Crippen molar-refractivity contribution in [2.45, 2.75) is 127 Å². The number of fused-ring (bicyclic) bond motifs is 3. The van der Waals surface area contributed by atoms with Crippen LogP contribution < -0.4 is 0 Å². The van der Waals surface area contributed by atoms with Crippen molar-refractivity contribution < 1.29 is 57.4 Å². The monoisotopic (exact) mass is 670 g/mol. The maximum Gasteiger partial charge on any atom is 0.307 e. The van der Waals surface area contributed by atoms with Gasteiger partial charge in [-0.2, -0.15) is 0 Å². The van der Waals surface area contributed by atoms with Gasteiger partial charge in [-0.1, -0.05) is 57.6 Å². The lowest BCUT2D eigenvalue weighted by molar-refractivity contribution is -0.407. The molecule has 0 spiro atoms. The summed E-state index contributed by atoms with van der Waals surface area (Å²) in [5, 5.41) is 12.9. The lowest BCUT2D eigenvalue weighted by Crippen LogP contribution is -2.76. The third-order valence-corrected chi connectivity index (χ3v) is 11.1. The van der Waals surface area contributed by atoms with Crippen molar-refractivity contribution in [2.75, 3.05) is 6.61 Å². The number of epoxide rings is 1. The SMILES string of the molecule is C=C(C)[C@@]12OC3(/C=C/C=C/CCCCC)O[C@@H]1[C@@H]1[C@@H]4O[C@]4(COC(C)=O)[C@@H](OC(C)=O)[C@]4(O)C(=O)C(C)=C[C@H]4[C@@]1(O3)[C@H](C)[C@H]2OC(C)=O. The molecule has 3 aliphatic heterocycles. The van der Waals surface area contributed by atoms with Crippen LogP contribution in [0.5, 0.6) is 0 Å². The molecule has 6 rings (SSSR count). The van der Waals surface area contributed by atoms with E-state index in [1.54, 1.807) is 32.1 Å². The van der Waals surface area contributed by atoms with Crippen molar-refractivity contribution in [3.63, 3.8) is 0 Å². The Kier molecular flexibility index (Phi) is 8.47. The van der Waals surface area contributed by atoms with E-state index in [-0.39, 0.29) is 5.57 Å². The number of Topliss-reactive ketones (excluding diaryl/α,β-unsaturated/α-hetero) is 1. The standard InChI is InChI=1S/C36H46O12/c1-9-10-11-12-13-14-15-16-33-46-30-26-29-32(45-29,18-42-22(6)37)31(44-24(8)39)34(41)25(17-20(4)27(34)40)36(26,48-33)21(5)28(43-23(7)38)35(30,47-33)19(2)3/h13-17,21,25-26,28-31,41H,2,9-12,18H2,1,3-8H3/b14-13+,16-15+/t21-,25-,26+,28-,29+,30-,31-,32+,33?,34-,35+,36+/m1/s1. The van der Waals surface area contributed by atoms with Crippen molar-refractivity contribution >= 4 is 23.7 Å². The van der Waals surface area contributed by atoms with Gasteiger partial charge in [0.25, 0.3) is 0 Å². The quantitative estimate of drug-likeness (QED) is 0.0853. The minimum Gasteiger partial charge on any atom is -0.463 e. The smallest absolute Gasteiger partial charge is 0.307 e. The van der Waals surface area contributed by atoms with Gasteiger partial charge in [0, 0.05) is 44.6 Å². The number of carbonyl (C=O) groups excluding carboxylic acids is 4. The first-order valence-electron chi connectivity index (χ1n) is 16.8. The van der Waals surface area contributed by atoms with E-state index in [2.05, 4.69) is 13.5 Å². The van der Waals surface area contributed by atoms with Crippen LogP contribution in [0.1, 0.15) is 74.1 Å². The van der Waals surface area contributed by atoms with Crippen molar-refractivity contribution in [3.8, 4) is 0 Å². The normalized spacial score (nSPS) is 44.9. The van der Waals surface area contributed by atoms with Crippen LogP contribution in [0.2, 0.25) is 0 Å². The highest BCUT2D eigenvalue weighted by atomic mass is 16.9. The molecule has 0 aromatic rings. The molecule has 262 valence electrons. The van der Waals surface area contributed by atoms with Crippen LogP contribution in [0.3, 0.4) is 0 Å². The van der Waals surface area contributed by atoms with Gasteiger partial charge < -0.3 is 38.3 Å². The molecule has 0 aromatic carbocycles. The fraction of sp³-hybridized carbons (Fsp3) is 0.667. The second-order valence-electron chi connectivity index (χ2n) is 14.1. The molecular formula is C36H46O12. The predicted molar refractivity (Wildman–Crippen MR) is 168 cm³/mol. The van der Waals surface area contributed by atoms with Gasteiger partial charge in [0.15, 0.2) is 28.7 Å². The Morgan fingerprint density at radius 3 is 2.33 bits per heavy atom. The lowest BCUT2D eigenvalue weighted by Gasteiger charge is -2.61. The van der Waals surface area contributed by atoms with E-state index >= 15 is 0 Å². The Hall–Kier alpha value is -3.16. The molecule has 12 heteroatoms. The second kappa shape index (κ2) is 11.7. The molecule has 3 aliphatic carbocycles. The number of carbonyl (C=O) groups is 4. The van der Waals surface area contributed by atoms with Crippen molar-refractivity contribution in [1.82, 2.24) is 0 Å². The highest BCUT2D eigenvalue weighted by Gasteiger charge is 2.91. The van der Waals surface area contributed by atoms with Gasteiger partial charge in [0.05, 0.1) is 5.60 Å². The molecule has 0 amide bonds. The number of hydrogen-bond donors (Lipinski definition) is 1. The Morgan fingerprint density at radius 1 is 1.00 bits per heavy atom. The number of allylic oxidation sites excluding steroid dienone is 3. The summed E-state index contributed by atoms with van der Waals surface area (Å²) in [7, 11) is 0. The molecule has 2 saturated carbocycles. The molecule has 6 aliphatic rings. The Balaban J connectivity index is 1.58. The number of esters is 3. The van der Waals surface area contributed by atoms with Gasteiger partial charge in [-0.05, 0) is 37.8 Å². The number of unbranched alkanes of at least 4 members (excludes halogenated alkanes) is 3. The topological polar surface area (TPSA) is 156 Å². The molecule has 5 fully saturated rings. The highest BCUT2D eigenvalue weighted by molar-refractivity contribution is 6.05. The number of aliphatic hydroxyl groups is 1. The summed E-state index contributed by atoms with van der Waals surface area (Å²) in [5.74, 6) is -7.32.